The molecular weight excluding hydrogens is 172 g/mol. The van der Waals surface area contributed by atoms with Crippen LogP contribution in [0.3, 0.4) is 0 Å². The van der Waals surface area contributed by atoms with E-state index in [4.69, 9.17) is 0 Å². The van der Waals surface area contributed by atoms with E-state index < -0.39 is 6.03 Å². The first-order valence-electron chi connectivity index (χ1n) is 3.45. The lowest BCUT2D eigenvalue weighted by atomic mass is 10.2. The fraction of sp³-hybridized carbons (Fsp3) is 0.125. The zero-order valence-electron chi connectivity index (χ0n) is 7.10. The van der Waals surface area contributed by atoms with Crippen LogP contribution in [-0.2, 0) is 4.84 Å². The molecule has 0 radical (unpaired) electrons. The second-order valence-corrected chi connectivity index (χ2v) is 2.05. The molecule has 0 aromatic heterocycles. The monoisotopic (exact) mass is 183 g/mol. The van der Waals surface area contributed by atoms with Crippen LogP contribution in [0.1, 0.15) is 0 Å². The van der Waals surface area contributed by atoms with Gasteiger partial charge in [-0.1, -0.05) is 31.4 Å². The van der Waals surface area contributed by atoms with Gasteiger partial charge in [-0.2, -0.15) is 0 Å². The molecule has 5 nitrogen and oxygen atoms in total. The van der Waals surface area contributed by atoms with E-state index >= 15 is 0 Å². The predicted molar refractivity (Wildman–Crippen MR) is 49.2 cm³/mol. The third-order valence-corrected chi connectivity index (χ3v) is 1.12. The summed E-state index contributed by atoms with van der Waals surface area (Å²) < 4.78 is 0. The highest BCUT2D eigenvalue weighted by atomic mass is 16.9. The van der Waals surface area contributed by atoms with Crippen LogP contribution in [0, 0.1) is 5.21 Å². The van der Waals surface area contributed by atoms with Gasteiger partial charge < -0.3 is 10.9 Å². The molecule has 0 fully saturated rings. The van der Waals surface area contributed by atoms with E-state index in [-0.39, 0.29) is 11.8 Å². The van der Waals surface area contributed by atoms with Crippen molar-refractivity contribution < 1.29 is 9.63 Å². The Bertz CT molecular complexity index is 236. The van der Waals surface area contributed by atoms with Crippen molar-refractivity contribution in [3.8, 4) is 0 Å². The van der Waals surface area contributed by atoms with Crippen molar-refractivity contribution in [2.45, 2.75) is 0 Å². The molecule has 0 spiro atoms. The van der Waals surface area contributed by atoms with Crippen LogP contribution in [0.25, 0.3) is 0 Å². The van der Waals surface area contributed by atoms with Crippen LogP contribution in [0.4, 0.5) is 4.79 Å². The van der Waals surface area contributed by atoms with E-state index in [0.717, 1.165) is 0 Å². The van der Waals surface area contributed by atoms with Gasteiger partial charge in [-0.15, -0.1) is 0 Å². The highest BCUT2D eigenvalue weighted by molar-refractivity contribution is 5.71. The number of urea groups is 1. The molecule has 0 aliphatic heterocycles. The largest absolute Gasteiger partial charge is 0.730 e. The highest BCUT2D eigenvalue weighted by Gasteiger charge is 1.97. The van der Waals surface area contributed by atoms with Gasteiger partial charge in [0.1, 0.15) is 0 Å². The van der Waals surface area contributed by atoms with Gasteiger partial charge in [0.05, 0.1) is 6.61 Å². The zero-order valence-corrected chi connectivity index (χ0v) is 7.10. The number of nitrogens with zero attached hydrogens (tertiary/aromatic N) is 1. The minimum absolute atomic E-state index is 0.0675. The van der Waals surface area contributed by atoms with Crippen molar-refractivity contribution in [3.05, 3.63) is 42.2 Å². The fourth-order valence-electron chi connectivity index (χ4n) is 0.523. The van der Waals surface area contributed by atoms with E-state index in [9.17, 15) is 10.0 Å². The SMILES string of the molecule is C=C/C=C(\C=C)CON([O-])C(N)=O. The van der Waals surface area contributed by atoms with Crippen LogP contribution in [0.2, 0.25) is 0 Å². The highest BCUT2D eigenvalue weighted by Crippen LogP contribution is 1.98. The molecule has 0 saturated heterocycles. The predicted octanol–water partition coefficient (Wildman–Crippen LogP) is 1.09. The van der Waals surface area contributed by atoms with Gasteiger partial charge in [-0.3, -0.25) is 10.1 Å². The van der Waals surface area contributed by atoms with Crippen LogP contribution in [0.15, 0.2) is 37.0 Å². The summed E-state index contributed by atoms with van der Waals surface area (Å²) in [6.45, 7) is 6.85. The lowest BCUT2D eigenvalue weighted by Gasteiger charge is -2.24. The number of carbonyl (C=O) groups is 1. The summed E-state index contributed by atoms with van der Waals surface area (Å²) in [5.74, 6) is 0. The third kappa shape index (κ3) is 4.78. The zero-order chi connectivity index (χ0) is 10.3. The number of allylic oxidation sites excluding steroid dienone is 2. The van der Waals surface area contributed by atoms with Crippen molar-refractivity contribution >= 4 is 6.03 Å². The van der Waals surface area contributed by atoms with E-state index in [0.29, 0.717) is 5.57 Å². The number of primary amides is 1. The topological polar surface area (TPSA) is 78.6 Å². The maximum absolute atomic E-state index is 10.5. The standard InChI is InChI=1S/C8H11N2O3/c1-3-5-7(4-2)6-13-10(12)8(9)11/h3-5H,1-2,6H2,(H2,9,11)/q-1/b7-5+. The van der Waals surface area contributed by atoms with Crippen molar-refractivity contribution in [1.82, 2.24) is 5.23 Å². The first-order valence-corrected chi connectivity index (χ1v) is 3.45. The molecule has 0 saturated carbocycles. The number of carbonyl (C=O) groups excluding carboxylic acids is 1. The third-order valence-electron chi connectivity index (χ3n) is 1.12. The second-order valence-electron chi connectivity index (χ2n) is 2.05. The molecule has 2 N–H and O–H groups in total. The molecular formula is C8H11N2O3-. The van der Waals surface area contributed by atoms with Crippen LogP contribution in [-0.4, -0.2) is 17.9 Å². The van der Waals surface area contributed by atoms with Crippen molar-refractivity contribution in [2.75, 3.05) is 6.61 Å². The van der Waals surface area contributed by atoms with E-state index in [1.54, 1.807) is 6.08 Å². The fourth-order valence-corrected chi connectivity index (χ4v) is 0.523. The van der Waals surface area contributed by atoms with Crippen molar-refractivity contribution in [3.63, 3.8) is 0 Å². The lowest BCUT2D eigenvalue weighted by molar-refractivity contribution is -0.0653. The van der Waals surface area contributed by atoms with E-state index in [1.807, 2.05) is 0 Å². The molecule has 0 aromatic rings. The lowest BCUT2D eigenvalue weighted by Crippen LogP contribution is -2.31. The number of hydrogen-bond acceptors (Lipinski definition) is 3. The summed E-state index contributed by atoms with van der Waals surface area (Å²) in [7, 11) is 0. The Labute approximate surface area is 76.3 Å². The molecule has 0 aromatic carbocycles. The smallest absolute Gasteiger partial charge is 0.328 e. The summed E-state index contributed by atoms with van der Waals surface area (Å²) in [5, 5.41) is 10.2. The number of hydrogen-bond donors (Lipinski definition) is 1. The summed E-state index contributed by atoms with van der Waals surface area (Å²) >= 11 is 0. The maximum atomic E-state index is 10.5. The number of hydroxylamine groups is 2. The Morgan fingerprint density at radius 1 is 1.62 bits per heavy atom. The summed E-state index contributed by atoms with van der Waals surface area (Å²) in [5.41, 5.74) is 5.24. The molecule has 0 aliphatic rings. The van der Waals surface area contributed by atoms with Gasteiger partial charge in [0.25, 0.3) is 0 Å². The summed E-state index contributed by atoms with van der Waals surface area (Å²) in [6, 6.07) is -1.19. The van der Waals surface area contributed by atoms with Crippen LogP contribution < -0.4 is 5.73 Å². The average Bonchev–Trinajstić information content (AvgIpc) is 2.11. The Balaban J connectivity index is 3.99. The summed E-state index contributed by atoms with van der Waals surface area (Å²) in [6.07, 6.45) is 4.60. The molecule has 5 heteroatoms. The molecule has 0 unspecified atom stereocenters. The molecule has 0 atom stereocenters. The first-order chi connectivity index (χ1) is 6.11. The Hall–Kier alpha value is -1.59. The summed E-state index contributed by atoms with van der Waals surface area (Å²) in [4.78, 5) is 14.6. The molecule has 72 valence electrons. The van der Waals surface area contributed by atoms with Gasteiger partial charge in [0, 0.05) is 0 Å². The first kappa shape index (κ1) is 11.4. The quantitative estimate of drug-likeness (QED) is 0.512. The van der Waals surface area contributed by atoms with Crippen molar-refractivity contribution in [1.29, 1.82) is 0 Å². The van der Waals surface area contributed by atoms with E-state index in [2.05, 4.69) is 23.7 Å². The molecule has 0 heterocycles. The average molecular weight is 183 g/mol. The molecule has 0 bridgehead atoms. The van der Waals surface area contributed by atoms with Crippen molar-refractivity contribution in [2.24, 2.45) is 5.73 Å². The van der Waals surface area contributed by atoms with Gasteiger partial charge in [-0.05, 0) is 5.57 Å². The Kier molecular flexibility index (Phi) is 5.25. The van der Waals surface area contributed by atoms with Gasteiger partial charge in [-0.25, -0.2) is 4.79 Å². The Morgan fingerprint density at radius 2 is 2.23 bits per heavy atom. The number of rotatable bonds is 5. The van der Waals surface area contributed by atoms with Gasteiger partial charge in [0.2, 0.25) is 0 Å². The maximum Gasteiger partial charge on any atom is 0.328 e. The van der Waals surface area contributed by atoms with Gasteiger partial charge >= 0.3 is 6.03 Å². The second kappa shape index (κ2) is 5.99. The minimum atomic E-state index is -1.19. The van der Waals surface area contributed by atoms with E-state index in [1.165, 1.54) is 12.2 Å². The molecule has 13 heavy (non-hydrogen) atoms. The number of amides is 2. The minimum Gasteiger partial charge on any atom is -0.730 e. The van der Waals surface area contributed by atoms with Crippen LogP contribution in [0.5, 0.6) is 0 Å². The molecule has 0 rings (SSSR count). The normalized spacial score (nSPS) is 10.7. The van der Waals surface area contributed by atoms with Gasteiger partial charge in [0.15, 0.2) is 0 Å². The molecule has 0 aliphatic carbocycles. The molecule has 2 amide bonds. The number of nitrogens with two attached hydrogens (primary N) is 1. The van der Waals surface area contributed by atoms with Crippen LogP contribution >= 0.6 is 0 Å². The Morgan fingerprint density at radius 3 is 2.62 bits per heavy atom.